The first-order valence-corrected chi connectivity index (χ1v) is 11.6. The number of aryl methyl sites for hydroxylation is 2. The highest BCUT2D eigenvalue weighted by Crippen LogP contribution is 2.33. The van der Waals surface area contributed by atoms with Crippen molar-refractivity contribution in [3.05, 3.63) is 76.2 Å². The summed E-state index contributed by atoms with van der Waals surface area (Å²) in [7, 11) is 0. The van der Waals surface area contributed by atoms with E-state index in [0.717, 1.165) is 33.3 Å². The maximum Gasteiger partial charge on any atom is 0.276 e. The van der Waals surface area contributed by atoms with E-state index in [-0.39, 0.29) is 17.5 Å². The van der Waals surface area contributed by atoms with Crippen LogP contribution in [0.3, 0.4) is 0 Å². The normalized spacial score (nSPS) is 13.4. The fourth-order valence-corrected chi connectivity index (χ4v) is 5.13. The molecule has 160 valence electrons. The van der Waals surface area contributed by atoms with E-state index in [1.165, 1.54) is 10.2 Å². The summed E-state index contributed by atoms with van der Waals surface area (Å²) in [6.07, 6.45) is 2.22. The molecule has 0 aliphatic carbocycles. The second kappa shape index (κ2) is 9.02. The Bertz CT molecular complexity index is 1280. The van der Waals surface area contributed by atoms with Crippen LogP contribution < -0.4 is 10.9 Å². The first-order valence-electron chi connectivity index (χ1n) is 10.7. The lowest BCUT2D eigenvalue weighted by molar-refractivity contribution is -0.125. The fourth-order valence-electron chi connectivity index (χ4n) is 4.00. The zero-order valence-electron chi connectivity index (χ0n) is 18.1. The summed E-state index contributed by atoms with van der Waals surface area (Å²) in [5.74, 6) is -0.157. The van der Waals surface area contributed by atoms with E-state index in [1.54, 1.807) is 11.3 Å². The van der Waals surface area contributed by atoms with Crippen LogP contribution in [0.4, 0.5) is 0 Å². The van der Waals surface area contributed by atoms with Gasteiger partial charge < -0.3 is 5.32 Å². The monoisotopic (exact) mass is 433 g/mol. The molecule has 0 saturated carbocycles. The fraction of sp³-hybridized carbons (Fsp3) is 0.320. The molecule has 31 heavy (non-hydrogen) atoms. The van der Waals surface area contributed by atoms with Crippen LogP contribution in [0.1, 0.15) is 44.0 Å². The topological polar surface area (TPSA) is 64.0 Å². The Balaban J connectivity index is 1.59. The van der Waals surface area contributed by atoms with Crippen LogP contribution in [0.2, 0.25) is 0 Å². The summed E-state index contributed by atoms with van der Waals surface area (Å²) in [6, 6.07) is 17.5. The summed E-state index contributed by atoms with van der Waals surface area (Å²) in [5, 5.41) is 9.22. The van der Waals surface area contributed by atoms with Gasteiger partial charge in [0.1, 0.15) is 6.04 Å². The molecule has 2 aromatic carbocycles. The lowest BCUT2D eigenvalue weighted by Gasteiger charge is -2.21. The van der Waals surface area contributed by atoms with Crippen molar-refractivity contribution in [2.24, 2.45) is 0 Å². The molecule has 0 spiro atoms. The van der Waals surface area contributed by atoms with E-state index in [2.05, 4.69) is 22.5 Å². The molecule has 1 amide bonds. The maximum absolute atomic E-state index is 13.4. The Morgan fingerprint density at radius 1 is 1.13 bits per heavy atom. The Hall–Kier alpha value is -2.99. The van der Waals surface area contributed by atoms with E-state index in [1.807, 2.05) is 63.2 Å². The minimum absolute atomic E-state index is 0.00395. The molecule has 2 unspecified atom stereocenters. The Labute approximate surface area is 185 Å². The molecule has 6 heteroatoms. The van der Waals surface area contributed by atoms with E-state index in [4.69, 9.17) is 0 Å². The SMILES string of the molecule is CCC(C(=O)NC(C)CCc1ccccc1)n1nc(C)c2sc3ccccc3c2c1=O. The van der Waals surface area contributed by atoms with Gasteiger partial charge in [0.15, 0.2) is 0 Å². The van der Waals surface area contributed by atoms with Crippen molar-refractivity contribution >= 4 is 37.4 Å². The smallest absolute Gasteiger partial charge is 0.276 e. The molecule has 5 nitrogen and oxygen atoms in total. The van der Waals surface area contributed by atoms with Gasteiger partial charge >= 0.3 is 0 Å². The van der Waals surface area contributed by atoms with E-state index < -0.39 is 6.04 Å². The van der Waals surface area contributed by atoms with E-state index in [9.17, 15) is 9.59 Å². The van der Waals surface area contributed by atoms with Crippen molar-refractivity contribution < 1.29 is 4.79 Å². The van der Waals surface area contributed by atoms with E-state index >= 15 is 0 Å². The summed E-state index contributed by atoms with van der Waals surface area (Å²) >= 11 is 1.58. The molecule has 4 rings (SSSR count). The Morgan fingerprint density at radius 2 is 1.84 bits per heavy atom. The highest BCUT2D eigenvalue weighted by atomic mass is 32.1. The van der Waals surface area contributed by atoms with Gasteiger partial charge in [0, 0.05) is 16.1 Å². The number of nitrogens with zero attached hydrogens (tertiary/aromatic N) is 2. The predicted molar refractivity (Wildman–Crippen MR) is 128 cm³/mol. The number of nitrogens with one attached hydrogen (secondary N) is 1. The largest absolute Gasteiger partial charge is 0.352 e. The van der Waals surface area contributed by atoms with Crippen molar-refractivity contribution in [3.8, 4) is 0 Å². The van der Waals surface area contributed by atoms with Crippen LogP contribution in [0.5, 0.6) is 0 Å². The number of thiophene rings is 1. The van der Waals surface area contributed by atoms with Gasteiger partial charge in [0.25, 0.3) is 5.56 Å². The minimum atomic E-state index is -0.631. The summed E-state index contributed by atoms with van der Waals surface area (Å²) in [5.41, 5.74) is 1.83. The van der Waals surface area contributed by atoms with Crippen molar-refractivity contribution in [2.45, 2.75) is 52.1 Å². The second-order valence-electron chi connectivity index (χ2n) is 8.00. The Kier molecular flexibility index (Phi) is 6.18. The van der Waals surface area contributed by atoms with Gasteiger partial charge in [-0.05, 0) is 44.7 Å². The third-order valence-corrected chi connectivity index (χ3v) is 6.97. The molecule has 0 saturated heterocycles. The van der Waals surface area contributed by atoms with Gasteiger partial charge in [-0.2, -0.15) is 5.10 Å². The van der Waals surface area contributed by atoms with Crippen molar-refractivity contribution in [1.82, 2.24) is 15.1 Å². The Morgan fingerprint density at radius 3 is 2.58 bits per heavy atom. The molecule has 0 radical (unpaired) electrons. The highest BCUT2D eigenvalue weighted by molar-refractivity contribution is 7.26. The van der Waals surface area contributed by atoms with Crippen LogP contribution in [-0.4, -0.2) is 21.7 Å². The average molecular weight is 434 g/mol. The first kappa shape index (κ1) is 21.2. The molecule has 2 atom stereocenters. The molecule has 0 aliphatic rings. The zero-order chi connectivity index (χ0) is 22.0. The van der Waals surface area contributed by atoms with Gasteiger partial charge in [0.2, 0.25) is 5.91 Å². The number of hydrogen-bond acceptors (Lipinski definition) is 4. The molecule has 2 heterocycles. The van der Waals surface area contributed by atoms with Crippen molar-refractivity contribution in [2.75, 3.05) is 0 Å². The predicted octanol–water partition coefficient (Wildman–Crippen LogP) is 5.01. The minimum Gasteiger partial charge on any atom is -0.352 e. The number of fused-ring (bicyclic) bond motifs is 3. The van der Waals surface area contributed by atoms with Crippen molar-refractivity contribution in [3.63, 3.8) is 0 Å². The van der Waals surface area contributed by atoms with Crippen LogP contribution >= 0.6 is 11.3 Å². The standard InChI is InChI=1S/C25H27N3O2S/c1-4-20(24(29)26-16(2)14-15-18-10-6-5-7-11-18)28-25(30)22-19-12-8-9-13-21(19)31-23(22)17(3)27-28/h5-13,16,20H,4,14-15H2,1-3H3,(H,26,29). The number of carbonyl (C=O) groups is 1. The molecule has 0 aliphatic heterocycles. The lowest BCUT2D eigenvalue weighted by atomic mass is 10.1. The van der Waals surface area contributed by atoms with E-state index in [0.29, 0.717) is 11.8 Å². The quantitative estimate of drug-likeness (QED) is 0.446. The summed E-state index contributed by atoms with van der Waals surface area (Å²) in [4.78, 5) is 26.5. The third-order valence-electron chi connectivity index (χ3n) is 5.69. The van der Waals surface area contributed by atoms with Gasteiger partial charge in [-0.25, -0.2) is 4.68 Å². The third kappa shape index (κ3) is 4.26. The number of benzene rings is 2. The first-order chi connectivity index (χ1) is 15.0. The van der Waals surface area contributed by atoms with Gasteiger partial charge in [-0.1, -0.05) is 55.5 Å². The zero-order valence-corrected chi connectivity index (χ0v) is 18.9. The van der Waals surface area contributed by atoms with Gasteiger partial charge in [0.05, 0.1) is 15.8 Å². The average Bonchev–Trinajstić information content (AvgIpc) is 3.17. The van der Waals surface area contributed by atoms with Crippen LogP contribution in [0.15, 0.2) is 59.4 Å². The molecular weight excluding hydrogens is 406 g/mol. The molecule has 0 bridgehead atoms. The van der Waals surface area contributed by atoms with Crippen LogP contribution in [0, 0.1) is 6.92 Å². The number of hydrogen-bond donors (Lipinski definition) is 1. The molecular formula is C25H27N3O2S. The maximum atomic E-state index is 13.4. The number of aromatic nitrogens is 2. The number of rotatable bonds is 7. The lowest BCUT2D eigenvalue weighted by Crippen LogP contribution is -2.42. The highest BCUT2D eigenvalue weighted by Gasteiger charge is 2.25. The van der Waals surface area contributed by atoms with Gasteiger partial charge in [-0.3, -0.25) is 9.59 Å². The summed E-state index contributed by atoms with van der Waals surface area (Å²) in [6.45, 7) is 5.82. The number of carbonyl (C=O) groups excluding carboxylic acids is 1. The number of amides is 1. The summed E-state index contributed by atoms with van der Waals surface area (Å²) < 4.78 is 3.34. The molecule has 2 aromatic heterocycles. The molecule has 0 fully saturated rings. The molecule has 4 aromatic rings. The molecule has 1 N–H and O–H groups in total. The van der Waals surface area contributed by atoms with Crippen LogP contribution in [-0.2, 0) is 11.2 Å². The van der Waals surface area contributed by atoms with Crippen LogP contribution in [0.25, 0.3) is 20.2 Å². The second-order valence-corrected chi connectivity index (χ2v) is 9.05. The van der Waals surface area contributed by atoms with Crippen molar-refractivity contribution in [1.29, 1.82) is 0 Å². The van der Waals surface area contributed by atoms with Gasteiger partial charge in [-0.15, -0.1) is 11.3 Å².